The molecule has 0 aromatic carbocycles. The topological polar surface area (TPSA) is 43.1 Å². The van der Waals surface area contributed by atoms with Gasteiger partial charge >= 0.3 is 0 Å². The van der Waals surface area contributed by atoms with Gasteiger partial charge in [0.05, 0.1) is 0 Å². The summed E-state index contributed by atoms with van der Waals surface area (Å²) in [6, 6.07) is 0. The molecule has 2 heteroatoms. The first-order valence-corrected chi connectivity index (χ1v) is 3.72. The van der Waals surface area contributed by atoms with Crippen LogP contribution >= 0.6 is 0 Å². The average molecular weight is 141 g/mol. The lowest BCUT2D eigenvalue weighted by atomic mass is 9.89. The summed E-state index contributed by atoms with van der Waals surface area (Å²) in [5.74, 6) is 0.574. The highest BCUT2D eigenvalue weighted by molar-refractivity contribution is 5.79. The van der Waals surface area contributed by atoms with E-state index in [1.165, 1.54) is 0 Å². The number of carbonyl (C=O) groups is 1. The van der Waals surface area contributed by atoms with Crippen LogP contribution in [-0.4, -0.2) is 5.91 Å². The highest BCUT2D eigenvalue weighted by Gasteiger charge is 2.48. The lowest BCUT2D eigenvalue weighted by Crippen LogP contribution is -2.18. The fourth-order valence-electron chi connectivity index (χ4n) is 1.47. The minimum atomic E-state index is -0.125. The van der Waals surface area contributed by atoms with Crippen LogP contribution in [0.2, 0.25) is 0 Å². The lowest BCUT2D eigenvalue weighted by molar-refractivity contribution is -0.119. The van der Waals surface area contributed by atoms with Gasteiger partial charge in [0.1, 0.15) is 0 Å². The molecule has 1 rings (SSSR count). The van der Waals surface area contributed by atoms with E-state index >= 15 is 0 Å². The van der Waals surface area contributed by atoms with Gasteiger partial charge < -0.3 is 5.73 Å². The summed E-state index contributed by atoms with van der Waals surface area (Å²) in [5, 5.41) is 0. The van der Waals surface area contributed by atoms with Crippen LogP contribution in [0, 0.1) is 17.3 Å². The number of carbonyl (C=O) groups excluding carboxylic acids is 1. The molecule has 0 aliphatic heterocycles. The zero-order valence-electron chi connectivity index (χ0n) is 6.85. The summed E-state index contributed by atoms with van der Waals surface area (Å²) in [7, 11) is 0. The second kappa shape index (κ2) is 1.97. The molecule has 1 unspecified atom stereocenters. The van der Waals surface area contributed by atoms with Crippen molar-refractivity contribution >= 4 is 5.91 Å². The van der Waals surface area contributed by atoms with Crippen molar-refractivity contribution in [2.24, 2.45) is 23.0 Å². The normalized spacial score (nSPS) is 31.9. The van der Waals surface area contributed by atoms with E-state index < -0.39 is 0 Å². The Morgan fingerprint density at radius 3 is 2.10 bits per heavy atom. The first-order chi connectivity index (χ1) is 4.43. The summed E-state index contributed by atoms with van der Waals surface area (Å²) in [6.45, 7) is 6.46. The predicted molar refractivity (Wildman–Crippen MR) is 40.2 cm³/mol. The second-order valence-electron chi connectivity index (χ2n) is 4.22. The minimum absolute atomic E-state index is 0.125. The molecule has 2 nitrogen and oxygen atoms in total. The molecule has 1 fully saturated rings. The van der Waals surface area contributed by atoms with Gasteiger partial charge in [0.2, 0.25) is 5.91 Å². The summed E-state index contributed by atoms with van der Waals surface area (Å²) in [5.41, 5.74) is 5.41. The maximum atomic E-state index is 10.6. The van der Waals surface area contributed by atoms with Gasteiger partial charge in [-0.2, -0.15) is 0 Å². The van der Waals surface area contributed by atoms with E-state index in [2.05, 4.69) is 20.8 Å². The van der Waals surface area contributed by atoms with Gasteiger partial charge in [-0.1, -0.05) is 20.8 Å². The van der Waals surface area contributed by atoms with E-state index in [-0.39, 0.29) is 17.2 Å². The van der Waals surface area contributed by atoms with Crippen molar-refractivity contribution in [3.8, 4) is 0 Å². The highest BCUT2D eigenvalue weighted by Crippen LogP contribution is 2.50. The van der Waals surface area contributed by atoms with Crippen molar-refractivity contribution in [3.63, 3.8) is 0 Å². The Balaban J connectivity index is 2.46. The summed E-state index contributed by atoms with van der Waals surface area (Å²) < 4.78 is 0. The molecule has 0 radical (unpaired) electrons. The van der Waals surface area contributed by atoms with Crippen LogP contribution in [0.3, 0.4) is 0 Å². The zero-order chi connectivity index (χ0) is 7.94. The molecule has 0 bridgehead atoms. The summed E-state index contributed by atoms with van der Waals surface area (Å²) >= 11 is 0. The molecule has 0 saturated heterocycles. The van der Waals surface area contributed by atoms with E-state index in [0.29, 0.717) is 5.92 Å². The van der Waals surface area contributed by atoms with E-state index in [1.54, 1.807) is 0 Å². The maximum Gasteiger partial charge on any atom is 0.220 e. The van der Waals surface area contributed by atoms with Crippen molar-refractivity contribution < 1.29 is 4.79 Å². The Hall–Kier alpha value is -0.530. The third-order valence-electron chi connectivity index (χ3n) is 2.27. The van der Waals surface area contributed by atoms with Crippen molar-refractivity contribution in [1.29, 1.82) is 0 Å². The number of primary amides is 1. The van der Waals surface area contributed by atoms with E-state index in [4.69, 9.17) is 5.73 Å². The van der Waals surface area contributed by atoms with Gasteiger partial charge in [0.25, 0.3) is 0 Å². The molecule has 58 valence electrons. The van der Waals surface area contributed by atoms with Crippen LogP contribution in [0.25, 0.3) is 0 Å². The van der Waals surface area contributed by atoms with E-state index in [1.807, 2.05) is 0 Å². The zero-order valence-corrected chi connectivity index (χ0v) is 6.85. The predicted octanol–water partition coefficient (Wildman–Crippen LogP) is 1.15. The van der Waals surface area contributed by atoms with Crippen molar-refractivity contribution in [2.75, 3.05) is 0 Å². The van der Waals surface area contributed by atoms with Gasteiger partial charge in [0, 0.05) is 5.92 Å². The molecule has 10 heavy (non-hydrogen) atoms. The monoisotopic (exact) mass is 141 g/mol. The SMILES string of the molecule is CC(C)(C)C1C[C@H]1C(N)=O. The number of hydrogen-bond acceptors (Lipinski definition) is 1. The van der Waals surface area contributed by atoms with Gasteiger partial charge in [-0.3, -0.25) is 4.79 Å². The molecule has 2 atom stereocenters. The molecule has 0 aromatic heterocycles. The molecule has 0 heterocycles. The van der Waals surface area contributed by atoms with Crippen LogP contribution in [0.4, 0.5) is 0 Å². The quantitative estimate of drug-likeness (QED) is 0.585. The summed E-state index contributed by atoms with van der Waals surface area (Å²) in [4.78, 5) is 10.6. The van der Waals surface area contributed by atoms with Crippen LogP contribution in [0.1, 0.15) is 27.2 Å². The molecule has 0 spiro atoms. The van der Waals surface area contributed by atoms with E-state index in [9.17, 15) is 4.79 Å². The fraction of sp³-hybridized carbons (Fsp3) is 0.875. The lowest BCUT2D eigenvalue weighted by Gasteiger charge is -2.16. The van der Waals surface area contributed by atoms with Crippen LogP contribution in [-0.2, 0) is 4.79 Å². The Morgan fingerprint density at radius 1 is 1.50 bits per heavy atom. The third kappa shape index (κ3) is 1.31. The average Bonchev–Trinajstić information content (AvgIpc) is 2.35. The van der Waals surface area contributed by atoms with Crippen LogP contribution in [0.5, 0.6) is 0 Å². The number of nitrogens with two attached hydrogens (primary N) is 1. The molecule has 1 aliphatic rings. The number of hydrogen-bond donors (Lipinski definition) is 1. The molecular weight excluding hydrogens is 126 g/mol. The second-order valence-corrected chi connectivity index (χ2v) is 4.22. The Labute approximate surface area is 61.8 Å². The van der Waals surface area contributed by atoms with Crippen LogP contribution < -0.4 is 5.73 Å². The largest absolute Gasteiger partial charge is 0.369 e. The molecule has 2 N–H and O–H groups in total. The molecule has 1 amide bonds. The smallest absolute Gasteiger partial charge is 0.220 e. The van der Waals surface area contributed by atoms with Gasteiger partial charge in [0.15, 0.2) is 0 Å². The van der Waals surface area contributed by atoms with Crippen LogP contribution in [0.15, 0.2) is 0 Å². The number of amides is 1. The van der Waals surface area contributed by atoms with Crippen molar-refractivity contribution in [2.45, 2.75) is 27.2 Å². The van der Waals surface area contributed by atoms with Crippen molar-refractivity contribution in [1.82, 2.24) is 0 Å². The maximum absolute atomic E-state index is 10.6. The molecule has 1 saturated carbocycles. The third-order valence-corrected chi connectivity index (χ3v) is 2.27. The van der Waals surface area contributed by atoms with Gasteiger partial charge in [-0.05, 0) is 17.8 Å². The first-order valence-electron chi connectivity index (χ1n) is 3.72. The first kappa shape index (κ1) is 7.58. The Morgan fingerprint density at radius 2 is 2.00 bits per heavy atom. The fourth-order valence-corrected chi connectivity index (χ4v) is 1.47. The molecule has 1 aliphatic carbocycles. The van der Waals surface area contributed by atoms with E-state index in [0.717, 1.165) is 6.42 Å². The minimum Gasteiger partial charge on any atom is -0.369 e. The van der Waals surface area contributed by atoms with Crippen molar-refractivity contribution in [3.05, 3.63) is 0 Å². The highest BCUT2D eigenvalue weighted by atomic mass is 16.1. The molecule has 0 aromatic rings. The van der Waals surface area contributed by atoms with Gasteiger partial charge in [-0.25, -0.2) is 0 Å². The standard InChI is InChI=1S/C8H15NO/c1-8(2,3)6-4-5(6)7(9)10/h5-6H,4H2,1-3H3,(H2,9,10)/t5-,6?/m1/s1. The Kier molecular flexibility index (Phi) is 1.50. The molecular formula is C8H15NO. The number of rotatable bonds is 1. The Bertz CT molecular complexity index is 157. The van der Waals surface area contributed by atoms with Gasteiger partial charge in [-0.15, -0.1) is 0 Å². The summed E-state index contributed by atoms with van der Waals surface area (Å²) in [6.07, 6.45) is 0.999.